The van der Waals surface area contributed by atoms with Crippen molar-refractivity contribution in [3.05, 3.63) is 91.3 Å². The molecule has 0 fully saturated rings. The number of rotatable bonds is 2. The second-order valence-electron chi connectivity index (χ2n) is 6.13. The number of hydrogen-bond donors (Lipinski definition) is 3. The maximum Gasteiger partial charge on any atom is 0.328 e. The number of benzene rings is 2. The molecule has 0 saturated carbocycles. The minimum absolute atomic E-state index is 0.00873. The van der Waals surface area contributed by atoms with Crippen LogP contribution in [-0.2, 0) is 6.54 Å². The van der Waals surface area contributed by atoms with E-state index in [1.54, 1.807) is 0 Å². The Bertz CT molecular complexity index is 1250. The van der Waals surface area contributed by atoms with Crippen molar-refractivity contribution >= 4 is 11.6 Å². The minimum Gasteiger partial charge on any atom is -0.507 e. The third-order valence-electron chi connectivity index (χ3n) is 4.41. The van der Waals surface area contributed by atoms with Crippen LogP contribution in [0.2, 0.25) is 0 Å². The Morgan fingerprint density at radius 1 is 0.852 bits per heavy atom. The smallest absolute Gasteiger partial charge is 0.328 e. The monoisotopic (exact) mass is 364 g/mol. The van der Waals surface area contributed by atoms with E-state index in [1.807, 2.05) is 0 Å². The van der Waals surface area contributed by atoms with Crippen LogP contribution < -0.4 is 11.2 Å². The molecule has 2 aromatic carbocycles. The molecule has 0 aliphatic heterocycles. The molecular formula is C19H12N2O6. The molecule has 3 aromatic rings. The zero-order valence-corrected chi connectivity index (χ0v) is 13.7. The Morgan fingerprint density at radius 2 is 1.59 bits per heavy atom. The summed E-state index contributed by atoms with van der Waals surface area (Å²) in [5.41, 5.74) is -1.08. The van der Waals surface area contributed by atoms with Gasteiger partial charge in [0, 0.05) is 23.4 Å². The first kappa shape index (κ1) is 16.5. The van der Waals surface area contributed by atoms with Gasteiger partial charge < -0.3 is 10.2 Å². The first-order valence-electron chi connectivity index (χ1n) is 7.94. The van der Waals surface area contributed by atoms with Crippen molar-refractivity contribution in [2.24, 2.45) is 0 Å². The molecule has 8 heteroatoms. The summed E-state index contributed by atoms with van der Waals surface area (Å²) in [6, 6.07) is 8.03. The zero-order chi connectivity index (χ0) is 19.3. The largest absolute Gasteiger partial charge is 0.507 e. The van der Waals surface area contributed by atoms with Crippen LogP contribution >= 0.6 is 0 Å². The second kappa shape index (κ2) is 5.80. The van der Waals surface area contributed by atoms with Gasteiger partial charge in [-0.05, 0) is 23.8 Å². The van der Waals surface area contributed by atoms with Crippen molar-refractivity contribution in [3.8, 4) is 11.5 Å². The van der Waals surface area contributed by atoms with E-state index in [4.69, 9.17) is 0 Å². The summed E-state index contributed by atoms with van der Waals surface area (Å²) < 4.78 is 1.19. The van der Waals surface area contributed by atoms with Crippen molar-refractivity contribution in [2.45, 2.75) is 6.54 Å². The van der Waals surface area contributed by atoms with Crippen molar-refractivity contribution in [3.63, 3.8) is 0 Å². The fourth-order valence-electron chi connectivity index (χ4n) is 3.20. The molecule has 0 unspecified atom stereocenters. The lowest BCUT2D eigenvalue weighted by atomic mass is 9.82. The summed E-state index contributed by atoms with van der Waals surface area (Å²) in [4.78, 5) is 50.6. The third kappa shape index (κ3) is 2.54. The van der Waals surface area contributed by atoms with Gasteiger partial charge in [-0.25, -0.2) is 4.79 Å². The highest BCUT2D eigenvalue weighted by Gasteiger charge is 2.34. The number of fused-ring (bicyclic) bond motifs is 2. The Labute approximate surface area is 151 Å². The Kier molecular flexibility index (Phi) is 3.55. The topological polar surface area (TPSA) is 129 Å². The molecule has 4 rings (SSSR count). The Hall–Kier alpha value is -3.94. The van der Waals surface area contributed by atoms with E-state index in [0.29, 0.717) is 5.56 Å². The van der Waals surface area contributed by atoms with Crippen molar-refractivity contribution in [1.82, 2.24) is 9.55 Å². The van der Waals surface area contributed by atoms with E-state index in [0.717, 1.165) is 0 Å². The molecule has 0 spiro atoms. The molecule has 8 nitrogen and oxygen atoms in total. The lowest BCUT2D eigenvalue weighted by molar-refractivity contribution is 0.0974. The van der Waals surface area contributed by atoms with Crippen LogP contribution in [0.5, 0.6) is 11.5 Å². The predicted molar refractivity (Wildman–Crippen MR) is 93.5 cm³/mol. The van der Waals surface area contributed by atoms with Crippen LogP contribution in [0.3, 0.4) is 0 Å². The number of phenolic OH excluding ortho intramolecular Hbond substituents is 2. The van der Waals surface area contributed by atoms with Gasteiger partial charge in [0.15, 0.2) is 5.78 Å². The summed E-state index contributed by atoms with van der Waals surface area (Å²) in [6.07, 6.45) is 1.29. The first-order chi connectivity index (χ1) is 12.9. The molecule has 3 N–H and O–H groups in total. The number of nitrogens with one attached hydrogen (secondary N) is 1. The zero-order valence-electron chi connectivity index (χ0n) is 13.7. The van der Waals surface area contributed by atoms with Crippen LogP contribution in [0.4, 0.5) is 0 Å². The number of hydrogen-bond acceptors (Lipinski definition) is 6. The molecule has 0 atom stereocenters. The molecule has 0 saturated heterocycles. The third-order valence-corrected chi connectivity index (χ3v) is 4.41. The van der Waals surface area contributed by atoms with E-state index >= 15 is 0 Å². The number of carbonyl (C=O) groups excluding carboxylic acids is 2. The first-order valence-corrected chi connectivity index (χ1v) is 7.94. The van der Waals surface area contributed by atoms with E-state index < -0.39 is 28.6 Å². The highest BCUT2D eigenvalue weighted by atomic mass is 16.3. The highest BCUT2D eigenvalue weighted by Crippen LogP contribution is 2.37. The Morgan fingerprint density at radius 3 is 2.33 bits per heavy atom. The molecule has 1 aliphatic carbocycles. The molecule has 0 radical (unpaired) electrons. The van der Waals surface area contributed by atoms with Gasteiger partial charge in [0.25, 0.3) is 5.56 Å². The van der Waals surface area contributed by atoms with Crippen LogP contribution in [0.25, 0.3) is 0 Å². The summed E-state index contributed by atoms with van der Waals surface area (Å²) >= 11 is 0. The van der Waals surface area contributed by atoms with Gasteiger partial charge in [0.05, 0.1) is 17.7 Å². The molecular weight excluding hydrogens is 352 g/mol. The number of aromatic nitrogens is 2. The van der Waals surface area contributed by atoms with Crippen LogP contribution in [-0.4, -0.2) is 31.3 Å². The minimum atomic E-state index is -0.650. The van der Waals surface area contributed by atoms with Crippen LogP contribution in [0.15, 0.2) is 52.2 Å². The maximum atomic E-state index is 12.8. The van der Waals surface area contributed by atoms with Gasteiger partial charge in [0.2, 0.25) is 5.78 Å². The summed E-state index contributed by atoms with van der Waals surface area (Å²) in [6.45, 7) is -0.0230. The Balaban J connectivity index is 1.85. The lowest BCUT2D eigenvalue weighted by Gasteiger charge is -2.20. The van der Waals surface area contributed by atoms with E-state index in [1.165, 1.54) is 47.2 Å². The average molecular weight is 364 g/mol. The number of nitrogens with zero attached hydrogens (tertiary/aromatic N) is 1. The molecule has 0 amide bonds. The average Bonchev–Trinajstić information content (AvgIpc) is 2.61. The number of carbonyl (C=O) groups is 2. The van der Waals surface area contributed by atoms with Crippen molar-refractivity contribution < 1.29 is 19.8 Å². The van der Waals surface area contributed by atoms with E-state index in [9.17, 15) is 29.4 Å². The standard InChI is InChI=1S/C19H12N2O6/c22-12-3-1-2-10-15(12)18(26)16-11(17(10)25)6-9(7-13(16)23)8-21-5-4-14(24)20-19(21)27/h1-7,22-23H,8H2,(H,20,24,27). The fourth-order valence-corrected chi connectivity index (χ4v) is 3.20. The van der Waals surface area contributed by atoms with Gasteiger partial charge >= 0.3 is 5.69 Å². The summed E-state index contributed by atoms with van der Waals surface area (Å²) in [5.74, 6) is -1.92. The predicted octanol–water partition coefficient (Wildman–Crippen LogP) is 0.771. The molecule has 1 heterocycles. The molecule has 134 valence electrons. The number of ketones is 2. The quantitative estimate of drug-likeness (QED) is 0.482. The molecule has 1 aromatic heterocycles. The number of H-pyrrole nitrogens is 1. The van der Waals surface area contributed by atoms with Gasteiger partial charge in [-0.15, -0.1) is 0 Å². The summed E-state index contributed by atoms with van der Waals surface area (Å²) in [7, 11) is 0. The van der Waals surface area contributed by atoms with Crippen LogP contribution in [0, 0.1) is 0 Å². The summed E-state index contributed by atoms with van der Waals surface area (Å²) in [5, 5.41) is 20.3. The number of aromatic amines is 1. The van der Waals surface area contributed by atoms with Gasteiger partial charge in [-0.2, -0.15) is 0 Å². The van der Waals surface area contributed by atoms with E-state index in [-0.39, 0.29) is 34.5 Å². The van der Waals surface area contributed by atoms with Crippen molar-refractivity contribution in [1.29, 1.82) is 0 Å². The molecule has 0 bridgehead atoms. The SMILES string of the molecule is O=C1c2cccc(O)c2C(=O)c2c(O)cc(Cn3ccc(=O)[nH]c3=O)cc21. The highest BCUT2D eigenvalue weighted by molar-refractivity contribution is 6.30. The normalized spacial score (nSPS) is 12.6. The van der Waals surface area contributed by atoms with Crippen LogP contribution in [0.1, 0.15) is 37.4 Å². The van der Waals surface area contributed by atoms with Gasteiger partial charge in [-0.3, -0.25) is 23.9 Å². The lowest BCUT2D eigenvalue weighted by Crippen LogP contribution is -2.29. The molecule has 1 aliphatic rings. The number of phenols is 2. The van der Waals surface area contributed by atoms with Crippen molar-refractivity contribution in [2.75, 3.05) is 0 Å². The van der Waals surface area contributed by atoms with Gasteiger partial charge in [-0.1, -0.05) is 12.1 Å². The fraction of sp³-hybridized carbons (Fsp3) is 0.0526. The molecule has 27 heavy (non-hydrogen) atoms. The van der Waals surface area contributed by atoms with Gasteiger partial charge in [0.1, 0.15) is 11.5 Å². The second-order valence-corrected chi connectivity index (χ2v) is 6.13. The number of aromatic hydroxyl groups is 2. The maximum absolute atomic E-state index is 12.8. The van der Waals surface area contributed by atoms with E-state index in [2.05, 4.69) is 4.98 Å².